The van der Waals surface area contributed by atoms with Gasteiger partial charge in [0.2, 0.25) is 0 Å². The van der Waals surface area contributed by atoms with E-state index in [1.54, 1.807) is 36.4 Å². The Balaban J connectivity index is 1.69. The van der Waals surface area contributed by atoms with Gasteiger partial charge in [0.15, 0.2) is 18.1 Å². The Morgan fingerprint density at radius 3 is 2.52 bits per heavy atom. The maximum Gasteiger partial charge on any atom is 0.349 e. The Morgan fingerprint density at radius 2 is 1.81 bits per heavy atom. The quantitative estimate of drug-likeness (QED) is 0.336. The Labute approximate surface area is 178 Å². The molecule has 8 nitrogen and oxygen atoms in total. The Hall–Kier alpha value is -3.81. The van der Waals surface area contributed by atoms with Crippen LogP contribution >= 0.6 is 0 Å². The second kappa shape index (κ2) is 9.80. The van der Waals surface area contributed by atoms with Crippen LogP contribution in [0.3, 0.4) is 0 Å². The highest BCUT2D eigenvalue weighted by molar-refractivity contribution is 5.96. The second-order valence-corrected chi connectivity index (χ2v) is 7.16. The summed E-state index contributed by atoms with van der Waals surface area (Å²) >= 11 is 0. The topological polar surface area (TPSA) is 104 Å². The normalized spacial score (nSPS) is 10.7. The summed E-state index contributed by atoms with van der Waals surface area (Å²) in [4.78, 5) is 36.5. The van der Waals surface area contributed by atoms with Crippen LogP contribution in [0.2, 0.25) is 0 Å². The zero-order valence-corrected chi connectivity index (χ0v) is 17.5. The lowest BCUT2D eigenvalue weighted by atomic mass is 10.1. The van der Waals surface area contributed by atoms with Gasteiger partial charge in [0, 0.05) is 18.0 Å². The molecule has 162 valence electrons. The third-order valence-corrected chi connectivity index (χ3v) is 4.27. The van der Waals surface area contributed by atoms with Crippen LogP contribution in [-0.2, 0) is 4.79 Å². The van der Waals surface area contributed by atoms with E-state index in [0.717, 1.165) is 0 Å². The molecule has 0 spiro atoms. The van der Waals surface area contributed by atoms with Gasteiger partial charge < -0.3 is 23.9 Å². The molecule has 1 N–H and O–H groups in total. The number of carbonyl (C=O) groups is 2. The third kappa shape index (κ3) is 5.63. The molecule has 1 heterocycles. The predicted octanol–water partition coefficient (Wildman–Crippen LogP) is 3.17. The lowest BCUT2D eigenvalue weighted by Gasteiger charge is -2.10. The number of ether oxygens (including phenoxy) is 3. The number of hydrogen-bond donors (Lipinski definition) is 1. The highest BCUT2D eigenvalue weighted by atomic mass is 16.6. The van der Waals surface area contributed by atoms with Crippen molar-refractivity contribution in [3.8, 4) is 17.2 Å². The number of nitrogens with one attached hydrogen (secondary N) is 1. The SMILES string of the molecule is COc1ccccc1OCC(=O)Oc1ccc2cc(C(=O)NCC(C)C)c(=O)oc2c1. The molecule has 0 aliphatic rings. The predicted molar refractivity (Wildman–Crippen MR) is 114 cm³/mol. The number of rotatable bonds is 8. The van der Waals surface area contributed by atoms with Crippen molar-refractivity contribution in [3.63, 3.8) is 0 Å². The van der Waals surface area contributed by atoms with Crippen LogP contribution in [0.15, 0.2) is 57.7 Å². The largest absolute Gasteiger partial charge is 0.493 e. The fourth-order valence-electron chi connectivity index (χ4n) is 2.74. The molecule has 0 saturated heterocycles. The zero-order valence-electron chi connectivity index (χ0n) is 17.5. The molecule has 0 atom stereocenters. The number of para-hydroxylation sites is 2. The number of hydrogen-bond acceptors (Lipinski definition) is 7. The first-order chi connectivity index (χ1) is 14.9. The third-order valence-electron chi connectivity index (χ3n) is 4.27. The molecule has 0 aliphatic carbocycles. The Bertz CT molecular complexity index is 1150. The average molecular weight is 425 g/mol. The van der Waals surface area contributed by atoms with Crippen LogP contribution in [0.4, 0.5) is 0 Å². The molecule has 3 aromatic rings. The number of carbonyl (C=O) groups excluding carboxylic acids is 2. The first-order valence-corrected chi connectivity index (χ1v) is 9.70. The van der Waals surface area contributed by atoms with Gasteiger partial charge in [0.1, 0.15) is 16.9 Å². The van der Waals surface area contributed by atoms with Crippen LogP contribution < -0.4 is 25.2 Å². The lowest BCUT2D eigenvalue weighted by molar-refractivity contribution is -0.136. The zero-order chi connectivity index (χ0) is 22.4. The van der Waals surface area contributed by atoms with Crippen molar-refractivity contribution >= 4 is 22.8 Å². The van der Waals surface area contributed by atoms with Gasteiger partial charge in [-0.25, -0.2) is 9.59 Å². The van der Waals surface area contributed by atoms with Gasteiger partial charge >= 0.3 is 11.6 Å². The van der Waals surface area contributed by atoms with E-state index in [9.17, 15) is 14.4 Å². The van der Waals surface area contributed by atoms with Crippen molar-refractivity contribution in [1.29, 1.82) is 0 Å². The van der Waals surface area contributed by atoms with Gasteiger partial charge in [-0.05, 0) is 36.2 Å². The van der Waals surface area contributed by atoms with Crippen LogP contribution in [0.25, 0.3) is 11.0 Å². The molecule has 3 rings (SSSR count). The summed E-state index contributed by atoms with van der Waals surface area (Å²) in [5.74, 6) is 0.207. The van der Waals surface area contributed by atoms with Gasteiger partial charge in [-0.1, -0.05) is 26.0 Å². The monoisotopic (exact) mass is 425 g/mol. The van der Waals surface area contributed by atoms with Gasteiger partial charge in [0.25, 0.3) is 5.91 Å². The van der Waals surface area contributed by atoms with Crippen LogP contribution in [0.5, 0.6) is 17.2 Å². The van der Waals surface area contributed by atoms with Crippen LogP contribution in [-0.4, -0.2) is 32.1 Å². The molecular formula is C23H23NO7. The molecule has 8 heteroatoms. The Kier molecular flexibility index (Phi) is 6.92. The molecular weight excluding hydrogens is 402 g/mol. The minimum absolute atomic E-state index is 0.0805. The van der Waals surface area contributed by atoms with E-state index in [0.29, 0.717) is 23.4 Å². The van der Waals surface area contributed by atoms with E-state index in [4.69, 9.17) is 18.6 Å². The molecule has 31 heavy (non-hydrogen) atoms. The summed E-state index contributed by atoms with van der Waals surface area (Å²) in [5.41, 5.74) is -0.652. The van der Waals surface area contributed by atoms with Crippen molar-refractivity contribution in [2.45, 2.75) is 13.8 Å². The van der Waals surface area contributed by atoms with Crippen LogP contribution in [0.1, 0.15) is 24.2 Å². The number of fused-ring (bicyclic) bond motifs is 1. The molecule has 0 saturated carbocycles. The van der Waals surface area contributed by atoms with E-state index in [2.05, 4.69) is 5.32 Å². The lowest BCUT2D eigenvalue weighted by Crippen LogP contribution is -2.31. The minimum atomic E-state index is -0.767. The van der Waals surface area contributed by atoms with Gasteiger partial charge in [-0.2, -0.15) is 0 Å². The van der Waals surface area contributed by atoms with E-state index < -0.39 is 17.5 Å². The van der Waals surface area contributed by atoms with E-state index in [1.807, 2.05) is 13.8 Å². The second-order valence-electron chi connectivity index (χ2n) is 7.16. The summed E-state index contributed by atoms with van der Waals surface area (Å²) < 4.78 is 21.1. The summed E-state index contributed by atoms with van der Waals surface area (Å²) in [6.45, 7) is 4.01. The summed E-state index contributed by atoms with van der Waals surface area (Å²) in [6, 6.07) is 12.9. The number of benzene rings is 2. The van der Waals surface area contributed by atoms with E-state index in [1.165, 1.54) is 19.2 Å². The van der Waals surface area contributed by atoms with Crippen molar-refractivity contribution < 1.29 is 28.2 Å². The fraction of sp³-hybridized carbons (Fsp3) is 0.261. The molecule has 1 aromatic heterocycles. The highest BCUT2D eigenvalue weighted by Crippen LogP contribution is 2.26. The minimum Gasteiger partial charge on any atom is -0.493 e. The Morgan fingerprint density at radius 1 is 1.06 bits per heavy atom. The molecule has 0 radical (unpaired) electrons. The van der Waals surface area contributed by atoms with Crippen molar-refractivity contribution in [2.24, 2.45) is 5.92 Å². The van der Waals surface area contributed by atoms with Crippen LogP contribution in [0, 0.1) is 5.92 Å². The van der Waals surface area contributed by atoms with Crippen molar-refractivity contribution in [2.75, 3.05) is 20.3 Å². The average Bonchev–Trinajstić information content (AvgIpc) is 2.75. The van der Waals surface area contributed by atoms with E-state index in [-0.39, 0.29) is 29.4 Å². The van der Waals surface area contributed by atoms with Gasteiger partial charge in [-0.3, -0.25) is 4.79 Å². The summed E-state index contributed by atoms with van der Waals surface area (Å²) in [5, 5.41) is 3.21. The maximum absolute atomic E-state index is 12.2. The van der Waals surface area contributed by atoms with Crippen molar-refractivity contribution in [1.82, 2.24) is 5.32 Å². The summed E-state index contributed by atoms with van der Waals surface area (Å²) in [6.07, 6.45) is 0. The molecule has 0 bridgehead atoms. The smallest absolute Gasteiger partial charge is 0.349 e. The summed E-state index contributed by atoms with van der Waals surface area (Å²) in [7, 11) is 1.50. The van der Waals surface area contributed by atoms with E-state index >= 15 is 0 Å². The van der Waals surface area contributed by atoms with Gasteiger partial charge in [0.05, 0.1) is 7.11 Å². The number of amides is 1. The molecule has 2 aromatic carbocycles. The molecule has 0 unspecified atom stereocenters. The number of methoxy groups -OCH3 is 1. The standard InChI is InChI=1S/C23H23NO7/c1-14(2)12-24-22(26)17-10-15-8-9-16(11-20(15)31-23(17)27)30-21(25)13-29-19-7-5-4-6-18(19)28-3/h4-11,14H,12-13H2,1-3H3,(H,24,26). The fourth-order valence-corrected chi connectivity index (χ4v) is 2.74. The first-order valence-electron chi connectivity index (χ1n) is 9.70. The maximum atomic E-state index is 12.2. The van der Waals surface area contributed by atoms with Crippen molar-refractivity contribution in [3.05, 3.63) is 64.5 Å². The van der Waals surface area contributed by atoms with Gasteiger partial charge in [-0.15, -0.1) is 0 Å². The number of esters is 1. The molecule has 0 aliphatic heterocycles. The molecule has 1 amide bonds. The first kappa shape index (κ1) is 21.9. The highest BCUT2D eigenvalue weighted by Gasteiger charge is 2.15. The molecule has 0 fully saturated rings.